The van der Waals surface area contributed by atoms with Crippen LogP contribution in [-0.2, 0) is 4.79 Å². The topological polar surface area (TPSA) is 46.3 Å². The van der Waals surface area contributed by atoms with E-state index in [2.05, 4.69) is 13.8 Å². The van der Waals surface area contributed by atoms with E-state index in [0.717, 1.165) is 19.5 Å². The van der Waals surface area contributed by atoms with Gasteiger partial charge in [0.15, 0.2) is 0 Å². The molecule has 0 aromatic heterocycles. The lowest BCUT2D eigenvalue weighted by atomic mass is 9.93. The molecule has 0 saturated carbocycles. The molecule has 1 amide bonds. The van der Waals surface area contributed by atoms with Crippen LogP contribution in [0.3, 0.4) is 0 Å². The van der Waals surface area contributed by atoms with Crippen LogP contribution in [-0.4, -0.2) is 28.9 Å². The van der Waals surface area contributed by atoms with E-state index in [1.165, 1.54) is 0 Å². The molecule has 0 aromatic carbocycles. The first-order valence-electron chi connectivity index (χ1n) is 4.91. The summed E-state index contributed by atoms with van der Waals surface area (Å²) in [6.07, 6.45) is 1.06. The van der Waals surface area contributed by atoms with Gasteiger partial charge in [-0.3, -0.25) is 4.79 Å². The molecule has 1 rings (SSSR count). The van der Waals surface area contributed by atoms with Crippen LogP contribution in [0.1, 0.15) is 27.2 Å². The molecule has 0 aromatic rings. The van der Waals surface area contributed by atoms with Gasteiger partial charge in [0.1, 0.15) is 0 Å². The van der Waals surface area contributed by atoms with Crippen LogP contribution in [0.15, 0.2) is 0 Å². The third kappa shape index (κ3) is 2.44. The smallest absolute Gasteiger partial charge is 0.232 e. The summed E-state index contributed by atoms with van der Waals surface area (Å²) in [7, 11) is 0. The second-order valence-corrected chi connectivity index (χ2v) is 5.27. The predicted molar refractivity (Wildman–Crippen MR) is 60.9 cm³/mol. The zero-order chi connectivity index (χ0) is 10.9. The molecule has 1 fully saturated rings. The van der Waals surface area contributed by atoms with Crippen molar-refractivity contribution in [2.75, 3.05) is 13.1 Å². The van der Waals surface area contributed by atoms with E-state index in [4.69, 9.17) is 18.0 Å². The number of nitrogens with two attached hydrogens (primary N) is 1. The van der Waals surface area contributed by atoms with Crippen LogP contribution in [0.25, 0.3) is 0 Å². The van der Waals surface area contributed by atoms with Crippen molar-refractivity contribution in [3.05, 3.63) is 0 Å². The number of carbonyl (C=O) groups is 1. The summed E-state index contributed by atoms with van der Waals surface area (Å²) in [5.41, 5.74) is 5.70. The molecule has 3 nitrogen and oxygen atoms in total. The second-order valence-electron chi connectivity index (χ2n) is 4.80. The molecular weight excluding hydrogens is 196 g/mol. The van der Waals surface area contributed by atoms with E-state index in [0.29, 0.717) is 4.99 Å². The van der Waals surface area contributed by atoms with Crippen LogP contribution in [0.4, 0.5) is 0 Å². The van der Waals surface area contributed by atoms with Crippen molar-refractivity contribution < 1.29 is 4.79 Å². The zero-order valence-corrected chi connectivity index (χ0v) is 9.86. The van der Waals surface area contributed by atoms with Crippen LogP contribution in [0.5, 0.6) is 0 Å². The molecule has 80 valence electrons. The monoisotopic (exact) mass is 214 g/mol. The Hall–Kier alpha value is -0.640. The quantitative estimate of drug-likeness (QED) is 0.702. The van der Waals surface area contributed by atoms with Gasteiger partial charge in [-0.25, -0.2) is 0 Å². The minimum atomic E-state index is -0.320. The van der Waals surface area contributed by atoms with Crippen molar-refractivity contribution in [2.45, 2.75) is 27.2 Å². The minimum Gasteiger partial charge on any atom is -0.393 e. The molecule has 1 heterocycles. The maximum atomic E-state index is 11.8. The minimum absolute atomic E-state index is 0.0723. The number of amides is 1. The fourth-order valence-corrected chi connectivity index (χ4v) is 1.80. The molecule has 4 heteroatoms. The molecule has 1 saturated heterocycles. The van der Waals surface area contributed by atoms with E-state index >= 15 is 0 Å². The number of thiocarbonyl (C=S) groups is 1. The average molecular weight is 214 g/mol. The first-order chi connectivity index (χ1) is 6.33. The average Bonchev–Trinajstić information content (AvgIpc) is 2.43. The second kappa shape index (κ2) is 3.85. The van der Waals surface area contributed by atoms with E-state index in [-0.39, 0.29) is 17.2 Å². The van der Waals surface area contributed by atoms with Crippen molar-refractivity contribution >= 4 is 23.1 Å². The summed E-state index contributed by atoms with van der Waals surface area (Å²) in [6.45, 7) is 7.77. The van der Waals surface area contributed by atoms with Gasteiger partial charge in [0.25, 0.3) is 0 Å². The molecule has 1 atom stereocenters. The Morgan fingerprint density at radius 3 is 2.50 bits per heavy atom. The van der Waals surface area contributed by atoms with Gasteiger partial charge in [0.05, 0.1) is 10.9 Å². The van der Waals surface area contributed by atoms with Gasteiger partial charge in [0, 0.05) is 13.1 Å². The third-order valence-electron chi connectivity index (χ3n) is 2.79. The predicted octanol–water partition coefficient (Wildman–Crippen LogP) is 1.17. The van der Waals surface area contributed by atoms with E-state index in [1.54, 1.807) is 6.92 Å². The van der Waals surface area contributed by atoms with E-state index in [1.807, 2.05) is 4.90 Å². The normalized spacial score (nSPS) is 22.1. The number of hydrogen-bond acceptors (Lipinski definition) is 2. The van der Waals surface area contributed by atoms with Crippen molar-refractivity contribution in [1.29, 1.82) is 0 Å². The Balaban J connectivity index is 2.60. The molecular formula is C10H18N2OS. The SMILES string of the molecule is CC(C(=O)N1CCC(C)(C)C1)C(N)=S. The lowest BCUT2D eigenvalue weighted by Gasteiger charge is -2.22. The molecule has 1 aliphatic rings. The fraction of sp³-hybridized carbons (Fsp3) is 0.800. The maximum Gasteiger partial charge on any atom is 0.232 e. The van der Waals surface area contributed by atoms with E-state index < -0.39 is 0 Å². The van der Waals surface area contributed by atoms with Gasteiger partial charge in [-0.15, -0.1) is 0 Å². The molecule has 2 N–H and O–H groups in total. The standard InChI is InChI=1S/C10H18N2OS/c1-7(8(11)14)9(13)12-5-4-10(2,3)6-12/h7H,4-6H2,1-3H3,(H2,11,14). The Bertz CT molecular complexity index is 263. The molecule has 14 heavy (non-hydrogen) atoms. The van der Waals surface area contributed by atoms with Crippen LogP contribution >= 0.6 is 12.2 Å². The van der Waals surface area contributed by atoms with Crippen molar-refractivity contribution in [2.24, 2.45) is 17.1 Å². The summed E-state index contributed by atoms with van der Waals surface area (Å²) in [6, 6.07) is 0. The van der Waals surface area contributed by atoms with Gasteiger partial charge < -0.3 is 10.6 Å². The Morgan fingerprint density at radius 1 is 1.57 bits per heavy atom. The van der Waals surface area contributed by atoms with Gasteiger partial charge >= 0.3 is 0 Å². The van der Waals surface area contributed by atoms with Crippen LogP contribution in [0, 0.1) is 11.3 Å². The molecule has 0 spiro atoms. The summed E-state index contributed by atoms with van der Waals surface area (Å²) >= 11 is 4.82. The Kier molecular flexibility index (Phi) is 3.14. The number of nitrogens with zero attached hydrogens (tertiary/aromatic N) is 1. The highest BCUT2D eigenvalue weighted by Crippen LogP contribution is 2.29. The summed E-state index contributed by atoms with van der Waals surface area (Å²) in [4.78, 5) is 14.0. The van der Waals surface area contributed by atoms with Gasteiger partial charge in [-0.1, -0.05) is 26.1 Å². The summed E-state index contributed by atoms with van der Waals surface area (Å²) in [5, 5.41) is 0. The summed E-state index contributed by atoms with van der Waals surface area (Å²) < 4.78 is 0. The first kappa shape index (κ1) is 11.4. The Morgan fingerprint density at radius 2 is 2.14 bits per heavy atom. The number of carbonyl (C=O) groups excluding carboxylic acids is 1. The zero-order valence-electron chi connectivity index (χ0n) is 9.04. The molecule has 0 radical (unpaired) electrons. The highest BCUT2D eigenvalue weighted by Gasteiger charge is 2.34. The van der Waals surface area contributed by atoms with E-state index in [9.17, 15) is 4.79 Å². The van der Waals surface area contributed by atoms with Crippen molar-refractivity contribution in [1.82, 2.24) is 4.90 Å². The lowest BCUT2D eigenvalue weighted by molar-refractivity contribution is -0.132. The number of hydrogen-bond donors (Lipinski definition) is 1. The number of rotatable bonds is 2. The van der Waals surface area contributed by atoms with Gasteiger partial charge in [-0.2, -0.15) is 0 Å². The first-order valence-corrected chi connectivity index (χ1v) is 5.32. The number of likely N-dealkylation sites (tertiary alicyclic amines) is 1. The van der Waals surface area contributed by atoms with Gasteiger partial charge in [-0.05, 0) is 18.8 Å². The van der Waals surface area contributed by atoms with Crippen LogP contribution in [0.2, 0.25) is 0 Å². The Labute approximate surface area is 90.6 Å². The molecule has 1 aliphatic heterocycles. The molecule has 1 unspecified atom stereocenters. The summed E-state index contributed by atoms with van der Waals surface area (Å²) in [5.74, 6) is -0.248. The lowest BCUT2D eigenvalue weighted by Crippen LogP contribution is -2.39. The third-order valence-corrected chi connectivity index (χ3v) is 3.14. The van der Waals surface area contributed by atoms with Gasteiger partial charge in [0.2, 0.25) is 5.91 Å². The molecule has 0 bridgehead atoms. The fourth-order valence-electron chi connectivity index (χ4n) is 1.70. The largest absolute Gasteiger partial charge is 0.393 e. The van der Waals surface area contributed by atoms with Crippen LogP contribution < -0.4 is 5.73 Å². The highest BCUT2D eigenvalue weighted by atomic mass is 32.1. The highest BCUT2D eigenvalue weighted by molar-refractivity contribution is 7.80. The van der Waals surface area contributed by atoms with Crippen molar-refractivity contribution in [3.8, 4) is 0 Å². The molecule has 0 aliphatic carbocycles. The van der Waals surface area contributed by atoms with Crippen molar-refractivity contribution in [3.63, 3.8) is 0 Å². The maximum absolute atomic E-state index is 11.8.